The molecule has 0 aliphatic carbocycles. The fourth-order valence-electron chi connectivity index (χ4n) is 3.31. The number of halogens is 1. The number of thioether (sulfide) groups is 1. The van der Waals surface area contributed by atoms with Crippen molar-refractivity contribution in [2.75, 3.05) is 0 Å². The van der Waals surface area contributed by atoms with Crippen molar-refractivity contribution >= 4 is 39.0 Å². The van der Waals surface area contributed by atoms with Crippen LogP contribution in [0.3, 0.4) is 0 Å². The van der Waals surface area contributed by atoms with Gasteiger partial charge in [-0.15, -0.1) is 21.5 Å². The molecular formula is C23H22BrN3S2. The van der Waals surface area contributed by atoms with Crippen LogP contribution in [0.1, 0.15) is 22.9 Å². The predicted molar refractivity (Wildman–Crippen MR) is 128 cm³/mol. The van der Waals surface area contributed by atoms with Crippen LogP contribution in [0.2, 0.25) is 0 Å². The summed E-state index contributed by atoms with van der Waals surface area (Å²) in [5.41, 5.74) is 6.21. The van der Waals surface area contributed by atoms with E-state index in [1.54, 1.807) is 23.1 Å². The Labute approximate surface area is 188 Å². The molecule has 0 radical (unpaired) electrons. The van der Waals surface area contributed by atoms with E-state index in [0.717, 1.165) is 27.8 Å². The maximum atomic E-state index is 4.59. The molecule has 2 aromatic heterocycles. The lowest BCUT2D eigenvalue weighted by atomic mass is 10.0. The van der Waals surface area contributed by atoms with Crippen molar-refractivity contribution in [1.29, 1.82) is 0 Å². The Morgan fingerprint density at radius 3 is 2.41 bits per heavy atom. The van der Waals surface area contributed by atoms with E-state index in [2.05, 4.69) is 105 Å². The molecule has 29 heavy (non-hydrogen) atoms. The Balaban J connectivity index is 1.66. The van der Waals surface area contributed by atoms with Crippen LogP contribution in [0.15, 0.2) is 63.5 Å². The van der Waals surface area contributed by atoms with Crippen LogP contribution in [-0.4, -0.2) is 14.8 Å². The highest BCUT2D eigenvalue weighted by atomic mass is 79.9. The number of aromatic nitrogens is 3. The van der Waals surface area contributed by atoms with Crippen molar-refractivity contribution < 1.29 is 0 Å². The quantitative estimate of drug-likeness (QED) is 0.268. The lowest BCUT2D eigenvalue weighted by Gasteiger charge is -2.10. The van der Waals surface area contributed by atoms with Gasteiger partial charge in [-0.25, -0.2) is 0 Å². The number of aryl methyl sites for hydroxylation is 2. The average Bonchev–Trinajstić information content (AvgIpc) is 3.31. The fourth-order valence-corrected chi connectivity index (χ4v) is 5.39. The van der Waals surface area contributed by atoms with Gasteiger partial charge in [0.25, 0.3) is 0 Å². The smallest absolute Gasteiger partial charge is 0.191 e. The van der Waals surface area contributed by atoms with E-state index in [0.29, 0.717) is 0 Å². The first kappa shape index (κ1) is 20.4. The maximum absolute atomic E-state index is 4.59. The molecule has 6 heteroatoms. The van der Waals surface area contributed by atoms with Crippen molar-refractivity contribution in [2.24, 2.45) is 0 Å². The molecule has 0 atom stereocenters. The molecule has 0 aliphatic heterocycles. The summed E-state index contributed by atoms with van der Waals surface area (Å²) in [6.45, 7) is 7.29. The van der Waals surface area contributed by atoms with E-state index in [-0.39, 0.29) is 0 Å². The zero-order valence-electron chi connectivity index (χ0n) is 16.6. The summed E-state index contributed by atoms with van der Waals surface area (Å²) >= 11 is 7.00. The van der Waals surface area contributed by atoms with Crippen LogP contribution in [0.4, 0.5) is 0 Å². The largest absolute Gasteiger partial charge is 0.302 e. The van der Waals surface area contributed by atoms with Gasteiger partial charge < -0.3 is 4.57 Å². The molecule has 2 heterocycles. The lowest BCUT2D eigenvalue weighted by Crippen LogP contribution is -2.00. The van der Waals surface area contributed by atoms with Gasteiger partial charge in [-0.3, -0.25) is 0 Å². The van der Waals surface area contributed by atoms with E-state index in [1.165, 1.54) is 32.7 Å². The molecule has 0 unspecified atom stereocenters. The molecule has 0 spiro atoms. The highest BCUT2D eigenvalue weighted by Crippen LogP contribution is 2.39. The first-order valence-corrected chi connectivity index (χ1v) is 12.2. The molecule has 0 saturated heterocycles. The second-order valence-electron chi connectivity index (χ2n) is 6.91. The van der Waals surface area contributed by atoms with E-state index < -0.39 is 0 Å². The summed E-state index contributed by atoms with van der Waals surface area (Å²) in [6, 6.07) is 17.2. The Hall–Kier alpha value is -1.89. The first-order chi connectivity index (χ1) is 14.1. The Bertz CT molecular complexity index is 1110. The fraction of sp³-hybridized carbons (Fsp3) is 0.217. The molecule has 0 amide bonds. The minimum atomic E-state index is 0.841. The van der Waals surface area contributed by atoms with Crippen molar-refractivity contribution in [3.63, 3.8) is 0 Å². The number of benzene rings is 2. The lowest BCUT2D eigenvalue weighted by molar-refractivity contribution is 0.687. The number of hydrogen-bond donors (Lipinski definition) is 0. The third kappa shape index (κ3) is 4.34. The summed E-state index contributed by atoms with van der Waals surface area (Å²) < 4.78 is 3.32. The molecule has 0 saturated carbocycles. The van der Waals surface area contributed by atoms with Gasteiger partial charge in [-0.2, -0.15) is 0 Å². The third-order valence-electron chi connectivity index (χ3n) is 4.87. The Morgan fingerprint density at radius 1 is 1.00 bits per heavy atom. The minimum Gasteiger partial charge on any atom is -0.302 e. The molecule has 4 rings (SSSR count). The molecule has 0 bridgehead atoms. The highest BCUT2D eigenvalue weighted by molar-refractivity contribution is 9.10. The van der Waals surface area contributed by atoms with Gasteiger partial charge in [0.1, 0.15) is 0 Å². The Kier molecular flexibility index (Phi) is 6.23. The second-order valence-corrected chi connectivity index (χ2v) is 9.85. The Morgan fingerprint density at radius 2 is 1.72 bits per heavy atom. The number of rotatable bonds is 6. The maximum Gasteiger partial charge on any atom is 0.191 e. The zero-order valence-corrected chi connectivity index (χ0v) is 19.9. The van der Waals surface area contributed by atoms with Crippen LogP contribution in [0.5, 0.6) is 0 Å². The number of hydrogen-bond acceptors (Lipinski definition) is 4. The summed E-state index contributed by atoms with van der Waals surface area (Å²) in [6.07, 6.45) is 0. The van der Waals surface area contributed by atoms with Crippen molar-refractivity contribution in [3.05, 3.63) is 74.4 Å². The molecule has 0 fully saturated rings. The van der Waals surface area contributed by atoms with Crippen LogP contribution in [0.25, 0.3) is 22.5 Å². The summed E-state index contributed by atoms with van der Waals surface area (Å²) in [5, 5.41) is 12.3. The standard InChI is InChI=1S/C23H22BrN3S2/c1-4-27-22(25-26-23(27)29-13-17-7-11-19(24)12-8-17)20-14-28-16(3)21(20)18-9-5-15(2)6-10-18/h5-12,14H,4,13H2,1-3H3. The van der Waals surface area contributed by atoms with Gasteiger partial charge in [-0.05, 0) is 44.0 Å². The topological polar surface area (TPSA) is 30.7 Å². The summed E-state index contributed by atoms with van der Waals surface area (Å²) in [4.78, 5) is 1.30. The van der Waals surface area contributed by atoms with Gasteiger partial charge in [0.05, 0.1) is 0 Å². The average molecular weight is 484 g/mol. The van der Waals surface area contributed by atoms with Gasteiger partial charge in [0, 0.05) is 38.2 Å². The van der Waals surface area contributed by atoms with Crippen LogP contribution in [0, 0.1) is 13.8 Å². The SMILES string of the molecule is CCn1c(SCc2ccc(Br)cc2)nnc1-c1csc(C)c1-c1ccc(C)cc1. The zero-order chi connectivity index (χ0) is 20.4. The molecular weight excluding hydrogens is 462 g/mol. The third-order valence-corrected chi connectivity index (χ3v) is 7.35. The molecule has 148 valence electrons. The molecule has 0 N–H and O–H groups in total. The summed E-state index contributed by atoms with van der Waals surface area (Å²) in [5.74, 6) is 1.82. The van der Waals surface area contributed by atoms with Crippen LogP contribution < -0.4 is 0 Å². The summed E-state index contributed by atoms with van der Waals surface area (Å²) in [7, 11) is 0. The van der Waals surface area contributed by atoms with Crippen molar-refractivity contribution in [2.45, 2.75) is 38.2 Å². The van der Waals surface area contributed by atoms with Gasteiger partial charge in [0.15, 0.2) is 11.0 Å². The van der Waals surface area contributed by atoms with E-state index in [9.17, 15) is 0 Å². The number of thiophene rings is 1. The van der Waals surface area contributed by atoms with Gasteiger partial charge in [0.2, 0.25) is 0 Å². The van der Waals surface area contributed by atoms with E-state index in [1.807, 2.05) is 0 Å². The predicted octanol–water partition coefficient (Wildman–Crippen LogP) is 7.37. The molecule has 0 aliphatic rings. The number of nitrogens with zero attached hydrogens (tertiary/aromatic N) is 3. The van der Waals surface area contributed by atoms with E-state index in [4.69, 9.17) is 0 Å². The van der Waals surface area contributed by atoms with Gasteiger partial charge in [-0.1, -0.05) is 69.7 Å². The van der Waals surface area contributed by atoms with Crippen molar-refractivity contribution in [1.82, 2.24) is 14.8 Å². The molecule has 4 aromatic rings. The first-order valence-electron chi connectivity index (χ1n) is 9.52. The molecule has 2 aromatic carbocycles. The minimum absolute atomic E-state index is 0.841. The van der Waals surface area contributed by atoms with Crippen molar-refractivity contribution in [3.8, 4) is 22.5 Å². The normalized spacial score (nSPS) is 11.2. The van der Waals surface area contributed by atoms with Crippen LogP contribution in [-0.2, 0) is 12.3 Å². The highest BCUT2D eigenvalue weighted by Gasteiger charge is 2.20. The van der Waals surface area contributed by atoms with E-state index >= 15 is 0 Å². The monoisotopic (exact) mass is 483 g/mol. The van der Waals surface area contributed by atoms with Crippen LogP contribution >= 0.6 is 39.0 Å². The van der Waals surface area contributed by atoms with Gasteiger partial charge >= 0.3 is 0 Å². The molecule has 3 nitrogen and oxygen atoms in total. The second kappa shape index (κ2) is 8.86.